The average Bonchev–Trinajstić information content (AvgIpc) is 2.92. The van der Waals surface area contributed by atoms with E-state index in [2.05, 4.69) is 29.2 Å². The van der Waals surface area contributed by atoms with Gasteiger partial charge in [0.1, 0.15) is 5.52 Å². The van der Waals surface area contributed by atoms with Crippen LogP contribution in [-0.4, -0.2) is 4.98 Å². The third-order valence-electron chi connectivity index (χ3n) is 4.16. The number of benzene rings is 2. The third kappa shape index (κ3) is 1.78. The molecule has 0 spiro atoms. The SMILES string of the molecule is Nc1cccc2oc(C3CCc4ccccc4C3)nc12. The van der Waals surface area contributed by atoms with E-state index in [0.29, 0.717) is 11.6 Å². The summed E-state index contributed by atoms with van der Waals surface area (Å²) in [4.78, 5) is 4.62. The van der Waals surface area contributed by atoms with E-state index >= 15 is 0 Å². The second-order valence-electron chi connectivity index (χ2n) is 5.45. The van der Waals surface area contributed by atoms with Crippen molar-refractivity contribution >= 4 is 16.8 Å². The molecule has 1 heterocycles. The molecule has 1 aliphatic carbocycles. The minimum Gasteiger partial charge on any atom is -0.440 e. The number of nitrogen functional groups attached to an aromatic ring is 1. The second kappa shape index (κ2) is 4.37. The van der Waals surface area contributed by atoms with Gasteiger partial charge in [0.15, 0.2) is 11.5 Å². The van der Waals surface area contributed by atoms with E-state index in [1.165, 1.54) is 11.1 Å². The first kappa shape index (κ1) is 11.5. The maximum Gasteiger partial charge on any atom is 0.199 e. The van der Waals surface area contributed by atoms with Crippen LogP contribution in [0.1, 0.15) is 29.4 Å². The summed E-state index contributed by atoms with van der Waals surface area (Å²) < 4.78 is 5.91. The van der Waals surface area contributed by atoms with Gasteiger partial charge in [-0.1, -0.05) is 30.3 Å². The summed E-state index contributed by atoms with van der Waals surface area (Å²) in [7, 11) is 0. The molecule has 0 saturated heterocycles. The van der Waals surface area contributed by atoms with Gasteiger partial charge in [-0.3, -0.25) is 0 Å². The highest BCUT2D eigenvalue weighted by molar-refractivity contribution is 5.85. The summed E-state index contributed by atoms with van der Waals surface area (Å²) in [6.45, 7) is 0. The quantitative estimate of drug-likeness (QED) is 0.682. The maximum atomic E-state index is 5.95. The van der Waals surface area contributed by atoms with Gasteiger partial charge in [0.2, 0.25) is 0 Å². The molecule has 0 radical (unpaired) electrons. The lowest BCUT2D eigenvalue weighted by Crippen LogP contribution is -2.12. The van der Waals surface area contributed by atoms with Gasteiger partial charge in [-0.15, -0.1) is 0 Å². The molecule has 100 valence electrons. The minimum atomic E-state index is 0.358. The van der Waals surface area contributed by atoms with Gasteiger partial charge in [-0.2, -0.15) is 0 Å². The van der Waals surface area contributed by atoms with Gasteiger partial charge in [-0.05, 0) is 42.5 Å². The Morgan fingerprint density at radius 2 is 1.90 bits per heavy atom. The fourth-order valence-corrected chi connectivity index (χ4v) is 3.07. The molecule has 0 fully saturated rings. The van der Waals surface area contributed by atoms with Crippen LogP contribution in [0.25, 0.3) is 11.1 Å². The fraction of sp³-hybridized carbons (Fsp3) is 0.235. The molecule has 2 N–H and O–H groups in total. The predicted octanol–water partition coefficient (Wildman–Crippen LogP) is 3.68. The Labute approximate surface area is 117 Å². The number of oxazole rings is 1. The first-order chi connectivity index (χ1) is 9.81. The molecule has 1 unspecified atom stereocenters. The number of hydrogen-bond acceptors (Lipinski definition) is 3. The normalized spacial score (nSPS) is 18.1. The van der Waals surface area contributed by atoms with Crippen LogP contribution in [0.15, 0.2) is 46.9 Å². The van der Waals surface area contributed by atoms with Crippen molar-refractivity contribution in [1.82, 2.24) is 4.98 Å². The van der Waals surface area contributed by atoms with Crippen LogP contribution in [0.5, 0.6) is 0 Å². The number of aromatic nitrogens is 1. The van der Waals surface area contributed by atoms with E-state index in [9.17, 15) is 0 Å². The molecule has 0 aliphatic heterocycles. The molecule has 3 aromatic rings. The zero-order chi connectivity index (χ0) is 13.5. The largest absolute Gasteiger partial charge is 0.440 e. The smallest absolute Gasteiger partial charge is 0.199 e. The zero-order valence-corrected chi connectivity index (χ0v) is 11.2. The van der Waals surface area contributed by atoms with Gasteiger partial charge >= 0.3 is 0 Å². The second-order valence-corrected chi connectivity index (χ2v) is 5.45. The van der Waals surface area contributed by atoms with Gasteiger partial charge in [0.25, 0.3) is 0 Å². The molecule has 4 rings (SSSR count). The highest BCUT2D eigenvalue weighted by atomic mass is 16.3. The van der Waals surface area contributed by atoms with Crippen molar-refractivity contribution in [1.29, 1.82) is 0 Å². The highest BCUT2D eigenvalue weighted by Crippen LogP contribution is 2.34. The number of rotatable bonds is 1. The molecule has 1 aromatic heterocycles. The summed E-state index contributed by atoms with van der Waals surface area (Å²) >= 11 is 0. The van der Waals surface area contributed by atoms with Crippen LogP contribution >= 0.6 is 0 Å². The highest BCUT2D eigenvalue weighted by Gasteiger charge is 2.24. The topological polar surface area (TPSA) is 52.0 Å². The van der Waals surface area contributed by atoms with E-state index in [-0.39, 0.29) is 0 Å². The molecular weight excluding hydrogens is 248 g/mol. The van der Waals surface area contributed by atoms with E-state index in [4.69, 9.17) is 10.2 Å². The standard InChI is InChI=1S/C17H16N2O/c18-14-6-3-7-15-16(14)19-17(20-15)13-9-8-11-4-1-2-5-12(11)10-13/h1-7,13H,8-10,18H2. The van der Waals surface area contributed by atoms with Crippen molar-refractivity contribution in [2.45, 2.75) is 25.2 Å². The van der Waals surface area contributed by atoms with Crippen molar-refractivity contribution in [3.63, 3.8) is 0 Å². The molecule has 0 saturated carbocycles. The van der Waals surface area contributed by atoms with Crippen molar-refractivity contribution < 1.29 is 4.42 Å². The number of hydrogen-bond donors (Lipinski definition) is 1. The molecule has 1 aliphatic rings. The number of fused-ring (bicyclic) bond motifs is 2. The van der Waals surface area contributed by atoms with Gasteiger partial charge in [-0.25, -0.2) is 4.98 Å². The lowest BCUT2D eigenvalue weighted by Gasteiger charge is -2.21. The Morgan fingerprint density at radius 1 is 1.05 bits per heavy atom. The number of aryl methyl sites for hydroxylation is 1. The van der Waals surface area contributed by atoms with E-state index < -0.39 is 0 Å². The Hall–Kier alpha value is -2.29. The van der Waals surface area contributed by atoms with Crippen LogP contribution in [0.2, 0.25) is 0 Å². The van der Waals surface area contributed by atoms with Crippen LogP contribution in [0, 0.1) is 0 Å². The summed E-state index contributed by atoms with van der Waals surface area (Å²) in [5.74, 6) is 1.18. The maximum absolute atomic E-state index is 5.95. The molecule has 0 amide bonds. The van der Waals surface area contributed by atoms with E-state index in [1.54, 1.807) is 0 Å². The van der Waals surface area contributed by atoms with E-state index in [0.717, 1.165) is 36.3 Å². The lowest BCUT2D eigenvalue weighted by atomic mass is 9.84. The van der Waals surface area contributed by atoms with Crippen LogP contribution in [0.4, 0.5) is 5.69 Å². The van der Waals surface area contributed by atoms with Crippen molar-refractivity contribution in [3.8, 4) is 0 Å². The Morgan fingerprint density at radius 3 is 2.75 bits per heavy atom. The number of nitrogens with two attached hydrogens (primary N) is 1. The van der Waals surface area contributed by atoms with Crippen LogP contribution < -0.4 is 5.73 Å². The molecular formula is C17H16N2O. The number of anilines is 1. The van der Waals surface area contributed by atoms with Crippen molar-refractivity contribution in [2.24, 2.45) is 0 Å². The molecule has 3 heteroatoms. The zero-order valence-electron chi connectivity index (χ0n) is 11.2. The summed E-state index contributed by atoms with van der Waals surface area (Å²) in [5, 5.41) is 0. The summed E-state index contributed by atoms with van der Waals surface area (Å²) in [6.07, 6.45) is 3.18. The molecule has 1 atom stereocenters. The lowest BCUT2D eigenvalue weighted by molar-refractivity contribution is 0.438. The molecule has 20 heavy (non-hydrogen) atoms. The predicted molar refractivity (Wildman–Crippen MR) is 79.6 cm³/mol. The van der Waals surface area contributed by atoms with Crippen molar-refractivity contribution in [2.75, 3.05) is 5.73 Å². The van der Waals surface area contributed by atoms with E-state index in [1.807, 2.05) is 18.2 Å². The Balaban J connectivity index is 1.72. The molecule has 2 aromatic carbocycles. The Bertz CT molecular complexity index is 776. The summed E-state index contributed by atoms with van der Waals surface area (Å²) in [5.41, 5.74) is 11.1. The minimum absolute atomic E-state index is 0.358. The average molecular weight is 264 g/mol. The third-order valence-corrected chi connectivity index (χ3v) is 4.16. The van der Waals surface area contributed by atoms with Crippen LogP contribution in [-0.2, 0) is 12.8 Å². The first-order valence-electron chi connectivity index (χ1n) is 7.03. The molecule has 3 nitrogen and oxygen atoms in total. The van der Waals surface area contributed by atoms with Gasteiger partial charge in [0.05, 0.1) is 5.69 Å². The fourth-order valence-electron chi connectivity index (χ4n) is 3.07. The summed E-state index contributed by atoms with van der Waals surface area (Å²) in [6, 6.07) is 14.3. The first-order valence-corrected chi connectivity index (χ1v) is 7.03. The number of nitrogens with zero attached hydrogens (tertiary/aromatic N) is 1. The van der Waals surface area contributed by atoms with Gasteiger partial charge in [0, 0.05) is 5.92 Å². The van der Waals surface area contributed by atoms with Gasteiger partial charge < -0.3 is 10.2 Å². The monoisotopic (exact) mass is 264 g/mol. The van der Waals surface area contributed by atoms with Crippen molar-refractivity contribution in [3.05, 3.63) is 59.5 Å². The number of para-hydroxylation sites is 1. The van der Waals surface area contributed by atoms with Crippen LogP contribution in [0.3, 0.4) is 0 Å². The molecule has 0 bridgehead atoms. The Kier molecular flexibility index (Phi) is 2.52.